The van der Waals surface area contributed by atoms with Crippen molar-refractivity contribution in [1.29, 1.82) is 0 Å². The van der Waals surface area contributed by atoms with E-state index < -0.39 is 5.97 Å². The highest BCUT2D eigenvalue weighted by atomic mass is 19.1. The van der Waals surface area contributed by atoms with E-state index in [4.69, 9.17) is 5.11 Å². The zero-order chi connectivity index (χ0) is 22.6. The second-order valence-electron chi connectivity index (χ2n) is 9.07. The number of benzene rings is 1. The molecule has 3 nitrogen and oxygen atoms in total. The van der Waals surface area contributed by atoms with Crippen molar-refractivity contribution in [3.63, 3.8) is 0 Å². The average Bonchev–Trinajstić information content (AvgIpc) is 2.66. The number of rotatable bonds is 7. The van der Waals surface area contributed by atoms with Crippen molar-refractivity contribution >= 4 is 17.2 Å². The Labute approximate surface area is 181 Å². The molecular weight excluding hydrogens is 377 g/mol. The first-order valence-corrected chi connectivity index (χ1v) is 10.9. The number of hydrogen-bond donors (Lipinski definition) is 1. The minimum absolute atomic E-state index is 0.0344. The van der Waals surface area contributed by atoms with E-state index in [9.17, 15) is 4.79 Å². The van der Waals surface area contributed by atoms with Crippen molar-refractivity contribution in [2.75, 3.05) is 18.0 Å². The number of carboxylic acids is 1. The van der Waals surface area contributed by atoms with E-state index in [1.54, 1.807) is 6.92 Å². The largest absolute Gasteiger partial charge is 0.478 e. The van der Waals surface area contributed by atoms with Crippen LogP contribution in [0.15, 0.2) is 41.8 Å². The lowest BCUT2D eigenvalue weighted by atomic mass is 9.74. The molecule has 0 radical (unpaired) electrons. The van der Waals surface area contributed by atoms with Gasteiger partial charge in [-0.05, 0) is 72.4 Å². The Bertz CT molecular complexity index is 891. The topological polar surface area (TPSA) is 40.5 Å². The van der Waals surface area contributed by atoms with Crippen LogP contribution in [0.5, 0.6) is 0 Å². The maximum absolute atomic E-state index is 15.4. The fraction of sp³-hybridized carbons (Fsp3) is 0.500. The van der Waals surface area contributed by atoms with Gasteiger partial charge in [0.25, 0.3) is 0 Å². The van der Waals surface area contributed by atoms with Crippen LogP contribution in [0, 0.1) is 0 Å². The fourth-order valence-electron chi connectivity index (χ4n) is 4.09. The molecule has 0 aromatic heterocycles. The summed E-state index contributed by atoms with van der Waals surface area (Å²) in [6, 6.07) is 4.46. The second kappa shape index (κ2) is 9.63. The first kappa shape index (κ1) is 23.9. The fourth-order valence-corrected chi connectivity index (χ4v) is 4.09. The third-order valence-electron chi connectivity index (χ3n) is 6.04. The van der Waals surface area contributed by atoms with Crippen molar-refractivity contribution in [3.8, 4) is 0 Å². The average molecular weight is 414 g/mol. The number of nitrogens with zero attached hydrogens (tertiary/aromatic N) is 1. The Hall–Kier alpha value is -2.36. The summed E-state index contributed by atoms with van der Waals surface area (Å²) < 4.78 is 15.4. The SMILES string of the molecule is CC/C(=C(F)/C=C/C(C)=C/C(=O)O)c1cc(C(C)C)cc2c1N(CC)CCC2(C)C. The molecule has 1 aromatic carbocycles. The molecule has 0 amide bonds. The molecule has 0 saturated carbocycles. The number of hydrogen-bond acceptors (Lipinski definition) is 2. The van der Waals surface area contributed by atoms with E-state index in [1.807, 2.05) is 6.92 Å². The molecule has 1 aliphatic heterocycles. The highest BCUT2D eigenvalue weighted by Crippen LogP contribution is 2.46. The molecule has 0 bridgehead atoms. The van der Waals surface area contributed by atoms with Gasteiger partial charge in [-0.1, -0.05) is 46.8 Å². The third-order valence-corrected chi connectivity index (χ3v) is 6.04. The summed E-state index contributed by atoms with van der Waals surface area (Å²) in [6.45, 7) is 16.5. The van der Waals surface area contributed by atoms with E-state index in [0.717, 1.165) is 36.8 Å². The zero-order valence-corrected chi connectivity index (χ0v) is 19.5. The third kappa shape index (κ3) is 5.21. The Morgan fingerprint density at radius 1 is 1.27 bits per heavy atom. The summed E-state index contributed by atoms with van der Waals surface area (Å²) >= 11 is 0. The van der Waals surface area contributed by atoms with Gasteiger partial charge >= 0.3 is 5.97 Å². The number of anilines is 1. The quantitative estimate of drug-likeness (QED) is 0.387. The standard InChI is InChI=1S/C26H36FNO2/c1-8-20(23(27)11-10-18(5)14-24(29)30)21-15-19(17(3)4)16-22-25(21)28(9-2)13-12-26(22,6)7/h10-11,14-17H,8-9,12-13H2,1-7H3,(H,29,30)/b11-10+,18-14+,23-20+. The first-order chi connectivity index (χ1) is 14.0. The van der Waals surface area contributed by atoms with Crippen LogP contribution in [0.1, 0.15) is 83.9 Å². The van der Waals surface area contributed by atoms with Crippen LogP contribution >= 0.6 is 0 Å². The summed E-state index contributed by atoms with van der Waals surface area (Å²) in [6.07, 6.45) is 5.63. The van der Waals surface area contributed by atoms with E-state index in [2.05, 4.69) is 51.7 Å². The first-order valence-electron chi connectivity index (χ1n) is 10.9. The highest BCUT2D eigenvalue weighted by Gasteiger charge is 2.34. The van der Waals surface area contributed by atoms with Crippen molar-refractivity contribution in [2.24, 2.45) is 0 Å². The molecule has 0 aliphatic carbocycles. The number of fused-ring (bicyclic) bond motifs is 1. The van der Waals surface area contributed by atoms with E-state index in [0.29, 0.717) is 23.5 Å². The van der Waals surface area contributed by atoms with Crippen LogP contribution in [0.2, 0.25) is 0 Å². The van der Waals surface area contributed by atoms with Crippen molar-refractivity contribution in [2.45, 2.75) is 72.6 Å². The number of carboxylic acid groups (broad SMARTS) is 1. The van der Waals surface area contributed by atoms with Gasteiger partial charge < -0.3 is 10.0 Å². The molecule has 0 spiro atoms. The van der Waals surface area contributed by atoms with Crippen molar-refractivity contribution in [3.05, 3.63) is 58.5 Å². The lowest BCUT2D eigenvalue weighted by Crippen LogP contribution is -2.38. The van der Waals surface area contributed by atoms with Gasteiger partial charge in [0, 0.05) is 30.4 Å². The second-order valence-corrected chi connectivity index (χ2v) is 9.07. The monoisotopic (exact) mass is 413 g/mol. The van der Waals surface area contributed by atoms with E-state index >= 15 is 4.39 Å². The molecule has 164 valence electrons. The van der Waals surface area contributed by atoms with Gasteiger partial charge in [-0.25, -0.2) is 9.18 Å². The molecule has 30 heavy (non-hydrogen) atoms. The number of aliphatic carboxylic acids is 1. The molecular formula is C26H36FNO2. The summed E-state index contributed by atoms with van der Waals surface area (Å²) in [5.74, 6) is -0.991. The Morgan fingerprint density at radius 2 is 1.93 bits per heavy atom. The minimum Gasteiger partial charge on any atom is -0.478 e. The molecule has 1 aliphatic rings. The highest BCUT2D eigenvalue weighted by molar-refractivity contribution is 5.83. The van der Waals surface area contributed by atoms with E-state index in [1.165, 1.54) is 23.3 Å². The van der Waals surface area contributed by atoms with Gasteiger partial charge in [0.2, 0.25) is 0 Å². The number of halogens is 1. The predicted molar refractivity (Wildman–Crippen MR) is 125 cm³/mol. The molecule has 0 unspecified atom stereocenters. The molecule has 4 heteroatoms. The normalized spacial score (nSPS) is 17.4. The Morgan fingerprint density at radius 3 is 2.47 bits per heavy atom. The number of carbonyl (C=O) groups is 1. The Balaban J connectivity index is 2.75. The molecule has 0 saturated heterocycles. The summed E-state index contributed by atoms with van der Waals surface area (Å²) in [7, 11) is 0. The van der Waals surface area contributed by atoms with Crippen LogP contribution < -0.4 is 4.90 Å². The van der Waals surface area contributed by atoms with Crippen LogP contribution in [-0.2, 0) is 10.2 Å². The maximum atomic E-state index is 15.4. The molecule has 1 aromatic rings. The Kier molecular flexibility index (Phi) is 7.68. The smallest absolute Gasteiger partial charge is 0.328 e. The van der Waals surface area contributed by atoms with Gasteiger partial charge in [0.15, 0.2) is 0 Å². The lowest BCUT2D eigenvalue weighted by molar-refractivity contribution is -0.131. The summed E-state index contributed by atoms with van der Waals surface area (Å²) in [5.41, 5.74) is 5.84. The summed E-state index contributed by atoms with van der Waals surface area (Å²) in [4.78, 5) is 13.2. The van der Waals surface area contributed by atoms with Gasteiger partial charge in [-0.2, -0.15) is 0 Å². The maximum Gasteiger partial charge on any atom is 0.328 e. The molecule has 0 fully saturated rings. The van der Waals surface area contributed by atoms with Crippen LogP contribution in [0.3, 0.4) is 0 Å². The molecule has 1 N–H and O–H groups in total. The van der Waals surface area contributed by atoms with Gasteiger partial charge in [-0.15, -0.1) is 0 Å². The van der Waals surface area contributed by atoms with Crippen LogP contribution in [-0.4, -0.2) is 24.2 Å². The number of allylic oxidation sites excluding steroid dienone is 5. The molecule has 0 atom stereocenters. The van der Waals surface area contributed by atoms with Crippen LogP contribution in [0.4, 0.5) is 10.1 Å². The van der Waals surface area contributed by atoms with E-state index in [-0.39, 0.29) is 11.2 Å². The van der Waals surface area contributed by atoms with Gasteiger partial charge in [0.1, 0.15) is 5.83 Å². The van der Waals surface area contributed by atoms with Crippen molar-refractivity contribution in [1.82, 2.24) is 0 Å². The zero-order valence-electron chi connectivity index (χ0n) is 19.5. The summed E-state index contributed by atoms with van der Waals surface area (Å²) in [5, 5.41) is 8.88. The lowest BCUT2D eigenvalue weighted by Gasteiger charge is -2.42. The predicted octanol–water partition coefficient (Wildman–Crippen LogP) is 7.00. The van der Waals surface area contributed by atoms with Gasteiger partial charge in [0.05, 0.1) is 0 Å². The van der Waals surface area contributed by atoms with Crippen LogP contribution in [0.25, 0.3) is 5.57 Å². The molecule has 1 heterocycles. The van der Waals surface area contributed by atoms with Gasteiger partial charge in [-0.3, -0.25) is 0 Å². The minimum atomic E-state index is -1.03. The van der Waals surface area contributed by atoms with Crippen molar-refractivity contribution < 1.29 is 14.3 Å². The molecule has 2 rings (SSSR count).